The number of primary amides is 1. The van der Waals surface area contributed by atoms with E-state index in [4.69, 9.17) is 5.73 Å². The molecule has 0 bridgehead atoms. The summed E-state index contributed by atoms with van der Waals surface area (Å²) in [7, 11) is 0. The minimum atomic E-state index is -0.166. The summed E-state index contributed by atoms with van der Waals surface area (Å²) < 4.78 is 0. The van der Waals surface area contributed by atoms with Crippen molar-refractivity contribution in [2.24, 2.45) is 5.73 Å². The lowest BCUT2D eigenvalue weighted by molar-refractivity contribution is -0.123. The number of carbonyl (C=O) groups excluding carboxylic acids is 1. The summed E-state index contributed by atoms with van der Waals surface area (Å²) in [5, 5.41) is 0. The van der Waals surface area contributed by atoms with Gasteiger partial charge in [-0.2, -0.15) is 0 Å². The third kappa shape index (κ3) is 2.92. The smallest absolute Gasteiger partial charge is 0.234 e. The maximum Gasteiger partial charge on any atom is 0.234 e. The number of likely N-dealkylation sites (tertiary alicyclic amines) is 1. The molecule has 2 aliphatic rings. The minimum absolute atomic E-state index is 0.0583. The van der Waals surface area contributed by atoms with Gasteiger partial charge in [-0.25, -0.2) is 4.98 Å². The Morgan fingerprint density at radius 3 is 2.64 bits per heavy atom. The van der Waals surface area contributed by atoms with Crippen molar-refractivity contribution in [3.63, 3.8) is 0 Å². The molecule has 22 heavy (non-hydrogen) atoms. The van der Waals surface area contributed by atoms with Gasteiger partial charge in [-0.05, 0) is 46.1 Å². The Balaban J connectivity index is 1.65. The van der Waals surface area contributed by atoms with Crippen LogP contribution >= 0.6 is 0 Å². The van der Waals surface area contributed by atoms with Crippen LogP contribution in [0.1, 0.15) is 37.1 Å². The van der Waals surface area contributed by atoms with Crippen LogP contribution in [0.4, 0.5) is 5.82 Å². The third-order valence-electron chi connectivity index (χ3n) is 4.91. The molecule has 0 spiro atoms. The van der Waals surface area contributed by atoms with Crippen molar-refractivity contribution < 1.29 is 4.79 Å². The fourth-order valence-corrected chi connectivity index (χ4v) is 3.77. The van der Waals surface area contributed by atoms with E-state index >= 15 is 0 Å². The molecule has 2 aliphatic heterocycles. The van der Waals surface area contributed by atoms with Crippen molar-refractivity contribution in [2.45, 2.75) is 51.6 Å². The third-order valence-corrected chi connectivity index (χ3v) is 4.91. The Labute approximate surface area is 131 Å². The van der Waals surface area contributed by atoms with Gasteiger partial charge in [0, 0.05) is 25.3 Å². The van der Waals surface area contributed by atoms with Crippen LogP contribution in [-0.4, -0.2) is 52.5 Å². The van der Waals surface area contributed by atoms with E-state index in [9.17, 15) is 4.79 Å². The molecule has 6 nitrogen and oxygen atoms in total. The van der Waals surface area contributed by atoms with Crippen molar-refractivity contribution in [3.05, 3.63) is 17.6 Å². The van der Waals surface area contributed by atoms with Crippen LogP contribution in [0.15, 0.2) is 6.20 Å². The van der Waals surface area contributed by atoms with Crippen molar-refractivity contribution in [1.82, 2.24) is 14.9 Å². The molecule has 0 aromatic carbocycles. The standard InChI is InChI=1S/C16H25N5O/c1-11-10-18-12(2)16(19-11)20-8-5-13(6-9-20)21-7-3-4-14(21)15(17)22/h10,13-14H,3-9H2,1-2H3,(H2,17,22)/t14-/m0/s1. The Hall–Kier alpha value is -1.69. The van der Waals surface area contributed by atoms with Crippen LogP contribution in [0.3, 0.4) is 0 Å². The van der Waals surface area contributed by atoms with E-state index < -0.39 is 0 Å². The maximum atomic E-state index is 11.6. The molecule has 0 saturated carbocycles. The van der Waals surface area contributed by atoms with Crippen LogP contribution in [0.25, 0.3) is 0 Å². The molecule has 0 unspecified atom stereocenters. The Bertz CT molecular complexity index is 553. The van der Waals surface area contributed by atoms with Crippen LogP contribution in [0.2, 0.25) is 0 Å². The molecule has 6 heteroatoms. The zero-order valence-corrected chi connectivity index (χ0v) is 13.5. The highest BCUT2D eigenvalue weighted by molar-refractivity contribution is 5.80. The monoisotopic (exact) mass is 303 g/mol. The van der Waals surface area contributed by atoms with Crippen LogP contribution in [0.5, 0.6) is 0 Å². The number of rotatable bonds is 3. The molecule has 0 aliphatic carbocycles. The highest BCUT2D eigenvalue weighted by Crippen LogP contribution is 2.28. The van der Waals surface area contributed by atoms with E-state index in [2.05, 4.69) is 19.8 Å². The zero-order valence-electron chi connectivity index (χ0n) is 13.5. The Morgan fingerprint density at radius 2 is 1.95 bits per heavy atom. The summed E-state index contributed by atoms with van der Waals surface area (Å²) in [6, 6.07) is 0.409. The predicted molar refractivity (Wildman–Crippen MR) is 85.7 cm³/mol. The van der Waals surface area contributed by atoms with E-state index in [1.54, 1.807) is 0 Å². The summed E-state index contributed by atoms with van der Waals surface area (Å²) in [5.41, 5.74) is 7.48. The largest absolute Gasteiger partial charge is 0.368 e. The van der Waals surface area contributed by atoms with Crippen molar-refractivity contribution >= 4 is 11.7 Å². The summed E-state index contributed by atoms with van der Waals surface area (Å²) in [6.45, 7) is 6.92. The van der Waals surface area contributed by atoms with Crippen molar-refractivity contribution in [1.29, 1.82) is 0 Å². The number of nitrogens with two attached hydrogens (primary N) is 1. The number of nitrogens with zero attached hydrogens (tertiary/aromatic N) is 4. The van der Waals surface area contributed by atoms with E-state index in [0.29, 0.717) is 6.04 Å². The highest BCUT2D eigenvalue weighted by Gasteiger charge is 2.35. The molecule has 1 atom stereocenters. The summed E-state index contributed by atoms with van der Waals surface area (Å²) >= 11 is 0. The lowest BCUT2D eigenvalue weighted by Crippen LogP contribution is -2.50. The fraction of sp³-hybridized carbons (Fsp3) is 0.688. The molecule has 2 N–H and O–H groups in total. The first-order valence-corrected chi connectivity index (χ1v) is 8.16. The quantitative estimate of drug-likeness (QED) is 0.902. The first-order chi connectivity index (χ1) is 10.6. The number of aromatic nitrogens is 2. The average molecular weight is 303 g/mol. The Morgan fingerprint density at radius 1 is 1.23 bits per heavy atom. The molecular weight excluding hydrogens is 278 g/mol. The number of carbonyl (C=O) groups is 1. The van der Waals surface area contributed by atoms with Crippen LogP contribution < -0.4 is 10.6 Å². The van der Waals surface area contributed by atoms with Crippen molar-refractivity contribution in [2.75, 3.05) is 24.5 Å². The van der Waals surface area contributed by atoms with E-state index in [1.165, 1.54) is 0 Å². The van der Waals surface area contributed by atoms with E-state index in [1.807, 2.05) is 20.0 Å². The average Bonchev–Trinajstić information content (AvgIpc) is 3.00. The number of aryl methyl sites for hydroxylation is 2. The number of hydrogen-bond donors (Lipinski definition) is 1. The van der Waals surface area contributed by atoms with Gasteiger partial charge in [-0.15, -0.1) is 0 Å². The normalized spacial score (nSPS) is 23.9. The molecule has 1 aromatic rings. The van der Waals surface area contributed by atoms with Gasteiger partial charge in [0.2, 0.25) is 5.91 Å². The van der Waals surface area contributed by atoms with E-state index in [-0.39, 0.29) is 11.9 Å². The van der Waals surface area contributed by atoms with E-state index in [0.717, 1.165) is 62.5 Å². The first kappa shape index (κ1) is 15.2. The van der Waals surface area contributed by atoms with Gasteiger partial charge in [0.25, 0.3) is 0 Å². The van der Waals surface area contributed by atoms with Crippen LogP contribution in [0, 0.1) is 13.8 Å². The molecule has 1 amide bonds. The zero-order chi connectivity index (χ0) is 15.7. The van der Waals surface area contributed by atoms with Gasteiger partial charge in [0.05, 0.1) is 17.4 Å². The molecule has 120 valence electrons. The number of hydrogen-bond acceptors (Lipinski definition) is 5. The summed E-state index contributed by atoms with van der Waals surface area (Å²) in [4.78, 5) is 25.3. The second kappa shape index (κ2) is 6.20. The minimum Gasteiger partial charge on any atom is -0.368 e. The molecular formula is C16H25N5O. The number of piperidine rings is 1. The fourth-order valence-electron chi connectivity index (χ4n) is 3.77. The highest BCUT2D eigenvalue weighted by atomic mass is 16.1. The first-order valence-electron chi connectivity index (χ1n) is 8.16. The Kier molecular flexibility index (Phi) is 4.29. The molecule has 2 fully saturated rings. The van der Waals surface area contributed by atoms with Gasteiger partial charge < -0.3 is 10.6 Å². The van der Waals surface area contributed by atoms with Gasteiger partial charge in [0.15, 0.2) is 0 Å². The number of amides is 1. The second-order valence-electron chi connectivity index (χ2n) is 6.44. The molecule has 3 heterocycles. The second-order valence-corrected chi connectivity index (χ2v) is 6.44. The number of anilines is 1. The molecule has 0 radical (unpaired) electrons. The maximum absolute atomic E-state index is 11.6. The van der Waals surface area contributed by atoms with Crippen LogP contribution in [-0.2, 0) is 4.79 Å². The predicted octanol–water partition coefficient (Wildman–Crippen LogP) is 1.01. The summed E-state index contributed by atoms with van der Waals surface area (Å²) in [6.07, 6.45) is 5.92. The van der Waals surface area contributed by atoms with Crippen molar-refractivity contribution in [3.8, 4) is 0 Å². The molecule has 2 saturated heterocycles. The lowest BCUT2D eigenvalue weighted by atomic mass is 10.0. The topological polar surface area (TPSA) is 75.3 Å². The molecule has 3 rings (SSSR count). The van der Waals surface area contributed by atoms with Gasteiger partial charge in [0.1, 0.15) is 5.82 Å². The SMILES string of the molecule is Cc1cnc(C)c(N2CCC(N3CCC[C@H]3C(N)=O)CC2)n1. The van der Waals surface area contributed by atoms with Gasteiger partial charge in [-0.3, -0.25) is 14.7 Å². The summed E-state index contributed by atoms with van der Waals surface area (Å²) in [5.74, 6) is 0.839. The lowest BCUT2D eigenvalue weighted by Gasteiger charge is -2.39. The molecule has 1 aromatic heterocycles. The van der Waals surface area contributed by atoms with Gasteiger partial charge >= 0.3 is 0 Å². The van der Waals surface area contributed by atoms with Gasteiger partial charge in [-0.1, -0.05) is 0 Å².